The van der Waals surface area contributed by atoms with E-state index in [-0.39, 0.29) is 22.4 Å². The smallest absolute Gasteiger partial charge is 0.248 e. The molecule has 0 aliphatic rings. The van der Waals surface area contributed by atoms with Crippen LogP contribution in [0.5, 0.6) is 5.75 Å². The van der Waals surface area contributed by atoms with Crippen LogP contribution in [0.2, 0.25) is 0 Å². The predicted octanol–water partition coefficient (Wildman–Crippen LogP) is 1.96. The third-order valence-corrected chi connectivity index (χ3v) is 2.89. The van der Waals surface area contributed by atoms with Crippen molar-refractivity contribution >= 4 is 32.6 Å². The number of aromatic amines is 1. The summed E-state index contributed by atoms with van der Waals surface area (Å²) in [7, 11) is 0. The van der Waals surface area contributed by atoms with Gasteiger partial charge in [-0.15, -0.1) is 0 Å². The zero-order chi connectivity index (χ0) is 12.4. The molecule has 0 aliphatic heterocycles. The summed E-state index contributed by atoms with van der Waals surface area (Å²) in [5.41, 5.74) is 0.417. The molecular formula is C11H8BrNO4. The lowest BCUT2D eigenvalue weighted by Crippen LogP contribution is -2.07. The number of halogens is 1. The Morgan fingerprint density at radius 1 is 1.35 bits per heavy atom. The van der Waals surface area contributed by atoms with Crippen LogP contribution in [-0.4, -0.2) is 21.4 Å². The van der Waals surface area contributed by atoms with Crippen LogP contribution in [0.25, 0.3) is 10.9 Å². The molecule has 0 spiro atoms. The van der Waals surface area contributed by atoms with Gasteiger partial charge in [-0.1, -0.05) is 15.9 Å². The summed E-state index contributed by atoms with van der Waals surface area (Å²) in [6.45, 7) is 0. The molecule has 0 bridgehead atoms. The summed E-state index contributed by atoms with van der Waals surface area (Å²) in [6, 6.07) is 5.80. The zero-order valence-corrected chi connectivity index (χ0v) is 10.2. The first-order valence-electron chi connectivity index (χ1n) is 4.74. The minimum atomic E-state index is -0.334. The van der Waals surface area contributed by atoms with Crippen molar-refractivity contribution in [3.05, 3.63) is 40.2 Å². The minimum Gasteiger partial charge on any atom is -0.338 e. The van der Waals surface area contributed by atoms with Crippen LogP contribution < -0.4 is 10.4 Å². The van der Waals surface area contributed by atoms with E-state index < -0.39 is 0 Å². The number of hydrogen-bond acceptors (Lipinski definition) is 4. The number of pyridine rings is 1. The lowest BCUT2D eigenvalue weighted by molar-refractivity contribution is -0.136. The Kier molecular flexibility index (Phi) is 3.26. The number of aromatic nitrogens is 1. The Morgan fingerprint density at radius 3 is 2.76 bits per heavy atom. The summed E-state index contributed by atoms with van der Waals surface area (Å²) in [5.74, 6) is -0.0182. The first-order valence-corrected chi connectivity index (χ1v) is 5.86. The van der Waals surface area contributed by atoms with Gasteiger partial charge in [-0.3, -0.25) is 9.59 Å². The number of ketones is 1. The highest BCUT2D eigenvalue weighted by atomic mass is 79.9. The summed E-state index contributed by atoms with van der Waals surface area (Å²) in [6.07, 6.45) is 0. The van der Waals surface area contributed by atoms with Crippen molar-refractivity contribution in [2.75, 3.05) is 5.33 Å². The van der Waals surface area contributed by atoms with E-state index in [0.717, 1.165) is 0 Å². The maximum Gasteiger partial charge on any atom is 0.248 e. The fraction of sp³-hybridized carbons (Fsp3) is 0.0909. The highest BCUT2D eigenvalue weighted by molar-refractivity contribution is 9.09. The molecule has 2 N–H and O–H groups in total. The van der Waals surface area contributed by atoms with Crippen molar-refractivity contribution in [3.8, 4) is 5.75 Å². The molecule has 2 rings (SSSR count). The van der Waals surface area contributed by atoms with Gasteiger partial charge in [0, 0.05) is 17.0 Å². The molecule has 1 aromatic heterocycles. The third kappa shape index (κ3) is 2.09. The van der Waals surface area contributed by atoms with Gasteiger partial charge in [0.25, 0.3) is 0 Å². The fourth-order valence-corrected chi connectivity index (χ4v) is 1.92. The molecule has 0 radical (unpaired) electrons. The highest BCUT2D eigenvalue weighted by Crippen LogP contribution is 2.26. The molecule has 2 aromatic rings. The summed E-state index contributed by atoms with van der Waals surface area (Å²) >= 11 is 3.09. The topological polar surface area (TPSA) is 79.4 Å². The van der Waals surface area contributed by atoms with Gasteiger partial charge in [0.2, 0.25) is 5.56 Å². The molecule has 0 saturated heterocycles. The molecule has 0 aliphatic carbocycles. The van der Waals surface area contributed by atoms with Gasteiger partial charge in [-0.05, 0) is 18.2 Å². The summed E-state index contributed by atoms with van der Waals surface area (Å²) in [4.78, 5) is 29.6. The molecule has 1 aromatic carbocycles. The van der Waals surface area contributed by atoms with Crippen LogP contribution in [0.15, 0.2) is 29.1 Å². The quantitative estimate of drug-likeness (QED) is 0.393. The van der Waals surface area contributed by atoms with Crippen molar-refractivity contribution in [3.63, 3.8) is 0 Å². The van der Waals surface area contributed by atoms with Gasteiger partial charge >= 0.3 is 0 Å². The number of carbonyl (C=O) groups excluding carboxylic acids is 1. The molecule has 6 heteroatoms. The van der Waals surface area contributed by atoms with Crippen molar-refractivity contribution in [2.24, 2.45) is 0 Å². The van der Waals surface area contributed by atoms with Gasteiger partial charge in [0.1, 0.15) is 0 Å². The van der Waals surface area contributed by atoms with E-state index in [9.17, 15) is 9.59 Å². The number of alkyl halides is 1. The number of Topliss-reactive ketones (excluding diaryl/α,β-unsaturated/α-hetero) is 1. The Balaban J connectivity index is 2.82. The van der Waals surface area contributed by atoms with Gasteiger partial charge in [0.15, 0.2) is 11.5 Å². The van der Waals surface area contributed by atoms with Crippen molar-refractivity contribution < 1.29 is 14.9 Å². The van der Waals surface area contributed by atoms with E-state index >= 15 is 0 Å². The Labute approximate surface area is 104 Å². The van der Waals surface area contributed by atoms with Crippen LogP contribution in [0.4, 0.5) is 0 Å². The van der Waals surface area contributed by atoms with Gasteiger partial charge in [-0.2, -0.15) is 0 Å². The lowest BCUT2D eigenvalue weighted by atomic mass is 10.0. The second-order valence-electron chi connectivity index (χ2n) is 3.37. The zero-order valence-electron chi connectivity index (χ0n) is 8.57. The monoisotopic (exact) mass is 297 g/mol. The second kappa shape index (κ2) is 4.68. The SMILES string of the molecule is O=C(CBr)c1ccc(OO)c2[nH]c(=O)ccc12. The molecule has 0 fully saturated rings. The van der Waals surface area contributed by atoms with Crippen molar-refractivity contribution in [2.45, 2.75) is 0 Å². The normalized spacial score (nSPS) is 10.5. The van der Waals surface area contributed by atoms with E-state index in [1.807, 2.05) is 0 Å². The Morgan fingerprint density at radius 2 is 2.12 bits per heavy atom. The Bertz CT molecular complexity index is 635. The van der Waals surface area contributed by atoms with E-state index in [1.54, 1.807) is 0 Å². The molecule has 0 amide bonds. The summed E-state index contributed by atoms with van der Waals surface area (Å²) < 4.78 is 0. The number of rotatable bonds is 3. The first-order chi connectivity index (χ1) is 8.17. The summed E-state index contributed by atoms with van der Waals surface area (Å²) in [5, 5.41) is 9.41. The lowest BCUT2D eigenvalue weighted by Gasteiger charge is -2.06. The van der Waals surface area contributed by atoms with Crippen molar-refractivity contribution in [1.82, 2.24) is 4.98 Å². The number of H-pyrrole nitrogens is 1. The van der Waals surface area contributed by atoms with Gasteiger partial charge < -0.3 is 9.87 Å². The van der Waals surface area contributed by atoms with E-state index in [2.05, 4.69) is 25.8 Å². The van der Waals surface area contributed by atoms with Crippen LogP contribution in [0.3, 0.4) is 0 Å². The molecule has 0 saturated carbocycles. The van der Waals surface area contributed by atoms with Crippen LogP contribution in [-0.2, 0) is 0 Å². The maximum atomic E-state index is 11.7. The third-order valence-electron chi connectivity index (χ3n) is 2.38. The predicted molar refractivity (Wildman–Crippen MR) is 66.0 cm³/mol. The van der Waals surface area contributed by atoms with Gasteiger partial charge in [0.05, 0.1) is 10.8 Å². The number of carbonyl (C=O) groups is 1. The average molecular weight is 298 g/mol. The number of hydrogen-bond donors (Lipinski definition) is 2. The molecular weight excluding hydrogens is 290 g/mol. The van der Waals surface area contributed by atoms with E-state index in [1.165, 1.54) is 24.3 Å². The average Bonchev–Trinajstić information content (AvgIpc) is 2.36. The van der Waals surface area contributed by atoms with Gasteiger partial charge in [-0.25, -0.2) is 5.26 Å². The molecule has 17 heavy (non-hydrogen) atoms. The Hall–Kier alpha value is -1.66. The minimum absolute atomic E-state index is 0.101. The van der Waals surface area contributed by atoms with Crippen LogP contribution in [0.1, 0.15) is 10.4 Å². The largest absolute Gasteiger partial charge is 0.338 e. The fourth-order valence-electron chi connectivity index (χ4n) is 1.62. The highest BCUT2D eigenvalue weighted by Gasteiger charge is 2.13. The van der Waals surface area contributed by atoms with Crippen LogP contribution >= 0.6 is 15.9 Å². The molecule has 5 nitrogen and oxygen atoms in total. The maximum absolute atomic E-state index is 11.7. The van der Waals surface area contributed by atoms with Crippen molar-refractivity contribution in [1.29, 1.82) is 0 Å². The molecule has 0 unspecified atom stereocenters. The van der Waals surface area contributed by atoms with E-state index in [0.29, 0.717) is 16.5 Å². The standard InChI is InChI=1S/C11H8BrNO4/c12-5-8(14)6-1-3-9(17-16)11-7(6)2-4-10(15)13-11/h1-4,16H,5H2,(H,13,15). The first kappa shape index (κ1) is 11.8. The number of fused-ring (bicyclic) bond motifs is 1. The number of benzene rings is 1. The van der Waals surface area contributed by atoms with E-state index in [4.69, 9.17) is 5.26 Å². The second-order valence-corrected chi connectivity index (χ2v) is 3.93. The molecule has 0 atom stereocenters. The van der Waals surface area contributed by atoms with Crippen LogP contribution in [0, 0.1) is 0 Å². The molecule has 1 heterocycles. The molecule has 88 valence electrons. The number of nitrogens with one attached hydrogen (secondary N) is 1.